The molecule has 72 valence electrons. The van der Waals surface area contributed by atoms with Gasteiger partial charge in [-0.15, -0.1) is 6.58 Å². The number of nitrogens with one attached hydrogen (secondary N) is 1. The molecule has 0 aliphatic rings. The molecular formula is C13H15N. The van der Waals surface area contributed by atoms with Gasteiger partial charge in [0, 0.05) is 17.1 Å². The highest BCUT2D eigenvalue weighted by Crippen LogP contribution is 2.26. The molecule has 0 radical (unpaired) electrons. The molecule has 1 heterocycles. The minimum absolute atomic E-state index is 0.0471. The Morgan fingerprint density at radius 1 is 1.29 bits per heavy atom. The van der Waals surface area contributed by atoms with E-state index in [-0.39, 0.29) is 5.41 Å². The van der Waals surface area contributed by atoms with E-state index in [0.717, 1.165) is 0 Å². The normalized spacial score (nSPS) is 11.9. The van der Waals surface area contributed by atoms with Gasteiger partial charge < -0.3 is 4.98 Å². The lowest BCUT2D eigenvalue weighted by Gasteiger charge is -2.20. The fourth-order valence-corrected chi connectivity index (χ4v) is 1.57. The molecular weight excluding hydrogens is 170 g/mol. The maximum absolute atomic E-state index is 3.87. The van der Waals surface area contributed by atoms with Crippen molar-refractivity contribution in [3.63, 3.8) is 0 Å². The van der Waals surface area contributed by atoms with Gasteiger partial charge >= 0.3 is 0 Å². The smallest absolute Gasteiger partial charge is 0.0454 e. The third-order valence-corrected chi connectivity index (χ3v) is 2.81. The molecule has 0 amide bonds. The van der Waals surface area contributed by atoms with Crippen molar-refractivity contribution >= 4 is 10.9 Å². The van der Waals surface area contributed by atoms with Crippen LogP contribution in [0.15, 0.2) is 43.1 Å². The fraction of sp³-hybridized carbons (Fsp3) is 0.231. The first kappa shape index (κ1) is 9.07. The second kappa shape index (κ2) is 3.02. The molecule has 2 aromatic rings. The topological polar surface area (TPSA) is 15.8 Å². The van der Waals surface area contributed by atoms with E-state index in [4.69, 9.17) is 0 Å². The van der Waals surface area contributed by atoms with Crippen LogP contribution in [0.2, 0.25) is 0 Å². The van der Waals surface area contributed by atoms with Gasteiger partial charge in [0.2, 0.25) is 0 Å². The minimum Gasteiger partial charge on any atom is -0.361 e. The van der Waals surface area contributed by atoms with E-state index in [9.17, 15) is 0 Å². The number of fused-ring (bicyclic) bond motifs is 1. The number of rotatable bonds is 2. The van der Waals surface area contributed by atoms with Crippen LogP contribution in [0.25, 0.3) is 10.9 Å². The molecule has 0 bridgehead atoms. The second-order valence-electron chi connectivity index (χ2n) is 4.21. The van der Waals surface area contributed by atoms with Gasteiger partial charge in [-0.25, -0.2) is 0 Å². The highest BCUT2D eigenvalue weighted by molar-refractivity contribution is 5.80. The van der Waals surface area contributed by atoms with E-state index in [2.05, 4.69) is 49.7 Å². The Hall–Kier alpha value is -1.50. The number of aromatic amines is 1. The zero-order chi connectivity index (χ0) is 10.2. The summed E-state index contributed by atoms with van der Waals surface area (Å²) in [5.41, 5.74) is 2.54. The van der Waals surface area contributed by atoms with Crippen molar-refractivity contribution < 1.29 is 0 Å². The predicted molar refractivity (Wildman–Crippen MR) is 61.5 cm³/mol. The summed E-state index contributed by atoms with van der Waals surface area (Å²) in [6.45, 7) is 8.22. The van der Waals surface area contributed by atoms with E-state index in [0.29, 0.717) is 0 Å². The lowest BCUT2D eigenvalue weighted by Crippen LogP contribution is -2.12. The summed E-state index contributed by atoms with van der Waals surface area (Å²) < 4.78 is 0. The molecule has 0 aliphatic carbocycles. The van der Waals surface area contributed by atoms with Crippen molar-refractivity contribution in [1.29, 1.82) is 0 Å². The van der Waals surface area contributed by atoms with Crippen LogP contribution in [0.1, 0.15) is 19.4 Å². The van der Waals surface area contributed by atoms with E-state index in [1.165, 1.54) is 16.5 Å². The van der Waals surface area contributed by atoms with Gasteiger partial charge in [-0.1, -0.05) is 26.0 Å². The van der Waals surface area contributed by atoms with Crippen LogP contribution < -0.4 is 0 Å². The average molecular weight is 185 g/mol. The van der Waals surface area contributed by atoms with E-state index in [1.54, 1.807) is 0 Å². The SMILES string of the molecule is C=CC(C)(C)c1ccc2[nH]ccc2c1. The summed E-state index contributed by atoms with van der Waals surface area (Å²) in [5, 5.41) is 1.26. The van der Waals surface area contributed by atoms with Crippen LogP contribution in [-0.4, -0.2) is 4.98 Å². The Bertz CT molecular complexity index is 463. The third-order valence-electron chi connectivity index (χ3n) is 2.81. The molecule has 0 fully saturated rings. The van der Waals surface area contributed by atoms with Crippen LogP contribution in [0.3, 0.4) is 0 Å². The van der Waals surface area contributed by atoms with Gasteiger partial charge in [0.15, 0.2) is 0 Å². The Balaban J connectivity index is 2.59. The molecule has 0 saturated carbocycles. The first-order chi connectivity index (χ1) is 6.63. The summed E-state index contributed by atoms with van der Waals surface area (Å²) in [6, 6.07) is 8.59. The summed E-state index contributed by atoms with van der Waals surface area (Å²) in [7, 11) is 0. The molecule has 0 aliphatic heterocycles. The zero-order valence-corrected chi connectivity index (χ0v) is 8.67. The molecule has 1 aromatic heterocycles. The van der Waals surface area contributed by atoms with Gasteiger partial charge in [0.1, 0.15) is 0 Å². The number of benzene rings is 1. The first-order valence-electron chi connectivity index (χ1n) is 4.85. The lowest BCUT2D eigenvalue weighted by atomic mass is 9.84. The number of hydrogen-bond acceptors (Lipinski definition) is 0. The molecule has 1 heteroatoms. The number of allylic oxidation sites excluding steroid dienone is 1. The highest BCUT2D eigenvalue weighted by atomic mass is 14.7. The van der Waals surface area contributed by atoms with Gasteiger partial charge in [-0.3, -0.25) is 0 Å². The van der Waals surface area contributed by atoms with Crippen molar-refractivity contribution in [3.05, 3.63) is 48.7 Å². The number of H-pyrrole nitrogens is 1. The van der Waals surface area contributed by atoms with Crippen LogP contribution in [-0.2, 0) is 5.41 Å². The molecule has 0 atom stereocenters. The maximum Gasteiger partial charge on any atom is 0.0454 e. The standard InChI is InChI=1S/C13H15N/c1-4-13(2,3)11-5-6-12-10(9-11)7-8-14-12/h4-9,14H,1H2,2-3H3. The number of hydrogen-bond donors (Lipinski definition) is 1. The Kier molecular flexibility index (Phi) is 1.95. The van der Waals surface area contributed by atoms with Crippen molar-refractivity contribution in [1.82, 2.24) is 4.98 Å². The molecule has 1 nitrogen and oxygen atoms in total. The summed E-state index contributed by atoms with van der Waals surface area (Å²) in [6.07, 6.45) is 3.95. The summed E-state index contributed by atoms with van der Waals surface area (Å²) >= 11 is 0. The Morgan fingerprint density at radius 2 is 2.07 bits per heavy atom. The first-order valence-corrected chi connectivity index (χ1v) is 4.85. The Morgan fingerprint density at radius 3 is 2.79 bits per heavy atom. The highest BCUT2D eigenvalue weighted by Gasteiger charge is 2.15. The second-order valence-corrected chi connectivity index (χ2v) is 4.21. The van der Waals surface area contributed by atoms with Crippen LogP contribution >= 0.6 is 0 Å². The Labute approximate surface area is 84.5 Å². The van der Waals surface area contributed by atoms with Gasteiger partial charge in [0.05, 0.1) is 0 Å². The van der Waals surface area contributed by atoms with Crippen LogP contribution in [0, 0.1) is 0 Å². The molecule has 0 saturated heterocycles. The molecule has 1 aromatic carbocycles. The van der Waals surface area contributed by atoms with Gasteiger partial charge in [-0.2, -0.15) is 0 Å². The summed E-state index contributed by atoms with van der Waals surface area (Å²) in [5.74, 6) is 0. The monoisotopic (exact) mass is 185 g/mol. The summed E-state index contributed by atoms with van der Waals surface area (Å²) in [4.78, 5) is 3.19. The molecule has 2 rings (SSSR count). The molecule has 14 heavy (non-hydrogen) atoms. The van der Waals surface area contributed by atoms with Crippen molar-refractivity contribution in [2.45, 2.75) is 19.3 Å². The van der Waals surface area contributed by atoms with E-state index in [1.807, 2.05) is 12.3 Å². The quantitative estimate of drug-likeness (QED) is 0.688. The number of aromatic nitrogens is 1. The van der Waals surface area contributed by atoms with E-state index < -0.39 is 0 Å². The van der Waals surface area contributed by atoms with Gasteiger partial charge in [-0.05, 0) is 29.1 Å². The zero-order valence-electron chi connectivity index (χ0n) is 8.67. The van der Waals surface area contributed by atoms with Crippen molar-refractivity contribution in [2.24, 2.45) is 0 Å². The molecule has 0 unspecified atom stereocenters. The minimum atomic E-state index is 0.0471. The average Bonchev–Trinajstić information content (AvgIpc) is 2.64. The van der Waals surface area contributed by atoms with Crippen molar-refractivity contribution in [2.75, 3.05) is 0 Å². The van der Waals surface area contributed by atoms with Crippen molar-refractivity contribution in [3.8, 4) is 0 Å². The van der Waals surface area contributed by atoms with Gasteiger partial charge in [0.25, 0.3) is 0 Å². The van der Waals surface area contributed by atoms with Crippen LogP contribution in [0.5, 0.6) is 0 Å². The van der Waals surface area contributed by atoms with E-state index >= 15 is 0 Å². The molecule has 0 spiro atoms. The fourth-order valence-electron chi connectivity index (χ4n) is 1.57. The largest absolute Gasteiger partial charge is 0.361 e. The molecule has 1 N–H and O–H groups in total. The van der Waals surface area contributed by atoms with Crippen LogP contribution in [0.4, 0.5) is 0 Å². The predicted octanol–water partition coefficient (Wildman–Crippen LogP) is 3.63. The third kappa shape index (κ3) is 1.35. The lowest BCUT2D eigenvalue weighted by molar-refractivity contribution is 0.673. The maximum atomic E-state index is 3.87.